The van der Waals surface area contributed by atoms with Gasteiger partial charge in [-0.3, -0.25) is 4.79 Å². The number of carbonyl (C=O) groups excluding carboxylic acids is 1. The van der Waals surface area contributed by atoms with E-state index in [2.05, 4.69) is 16.4 Å². The largest absolute Gasteiger partial charge is 0.495 e. The third-order valence-electron chi connectivity index (χ3n) is 4.79. The van der Waals surface area contributed by atoms with Gasteiger partial charge in [-0.1, -0.05) is 29.8 Å². The number of halogens is 1. The van der Waals surface area contributed by atoms with Crippen LogP contribution in [0, 0.1) is 0 Å². The van der Waals surface area contributed by atoms with Crippen molar-refractivity contribution in [3.05, 3.63) is 76.9 Å². The van der Waals surface area contributed by atoms with Crippen molar-refractivity contribution < 1.29 is 9.53 Å². The molecule has 4 rings (SSSR count). The lowest BCUT2D eigenvalue weighted by atomic mass is 10.0. The summed E-state index contributed by atoms with van der Waals surface area (Å²) < 4.78 is 5.16. The smallest absolute Gasteiger partial charge is 0.259 e. The van der Waals surface area contributed by atoms with E-state index < -0.39 is 0 Å². The molecule has 3 aromatic rings. The second-order valence-electron chi connectivity index (χ2n) is 6.60. The number of hydrogen-bond acceptors (Lipinski definition) is 4. The van der Waals surface area contributed by atoms with Crippen LogP contribution in [0.2, 0.25) is 5.02 Å². The molecule has 0 atom stereocenters. The maximum absolute atomic E-state index is 13.0. The topological polar surface area (TPSA) is 54.5 Å². The molecule has 6 heteroatoms. The van der Waals surface area contributed by atoms with Crippen LogP contribution in [-0.4, -0.2) is 24.5 Å². The molecule has 0 radical (unpaired) electrons. The highest BCUT2D eigenvalue weighted by atomic mass is 35.5. The van der Waals surface area contributed by atoms with Gasteiger partial charge in [-0.25, -0.2) is 4.98 Å². The molecule has 0 saturated carbocycles. The molecule has 1 aliphatic rings. The fourth-order valence-corrected chi connectivity index (χ4v) is 3.64. The van der Waals surface area contributed by atoms with Crippen LogP contribution in [0.4, 0.5) is 17.2 Å². The molecule has 0 saturated heterocycles. The summed E-state index contributed by atoms with van der Waals surface area (Å²) in [5.41, 5.74) is 3.57. The van der Waals surface area contributed by atoms with E-state index in [1.54, 1.807) is 37.6 Å². The lowest BCUT2D eigenvalue weighted by molar-refractivity contribution is 0.0985. The highest BCUT2D eigenvalue weighted by molar-refractivity contribution is 6.32. The van der Waals surface area contributed by atoms with Crippen molar-refractivity contribution in [2.45, 2.75) is 12.8 Å². The maximum atomic E-state index is 13.0. The van der Waals surface area contributed by atoms with Crippen LogP contribution >= 0.6 is 11.6 Å². The van der Waals surface area contributed by atoms with Gasteiger partial charge in [-0.15, -0.1) is 0 Å². The Morgan fingerprint density at radius 3 is 2.79 bits per heavy atom. The molecule has 2 heterocycles. The second-order valence-corrected chi connectivity index (χ2v) is 7.00. The van der Waals surface area contributed by atoms with Crippen molar-refractivity contribution in [2.75, 3.05) is 23.9 Å². The van der Waals surface area contributed by atoms with Crippen molar-refractivity contribution in [1.29, 1.82) is 0 Å². The number of para-hydroxylation sites is 1. The highest BCUT2D eigenvalue weighted by Crippen LogP contribution is 2.30. The van der Waals surface area contributed by atoms with E-state index in [0.29, 0.717) is 22.2 Å². The minimum absolute atomic E-state index is 0.0290. The third-order valence-corrected chi connectivity index (χ3v) is 5.09. The number of aryl methyl sites for hydroxylation is 1. The van der Waals surface area contributed by atoms with E-state index in [4.69, 9.17) is 16.3 Å². The Morgan fingerprint density at radius 1 is 1.18 bits per heavy atom. The summed E-state index contributed by atoms with van der Waals surface area (Å²) in [5, 5.41) is 3.70. The molecule has 28 heavy (non-hydrogen) atoms. The van der Waals surface area contributed by atoms with Gasteiger partial charge in [0.15, 0.2) is 0 Å². The molecule has 2 aromatic carbocycles. The van der Waals surface area contributed by atoms with E-state index in [9.17, 15) is 4.79 Å². The molecule has 0 unspecified atom stereocenters. The molecule has 5 nitrogen and oxygen atoms in total. The van der Waals surface area contributed by atoms with Gasteiger partial charge in [0.2, 0.25) is 0 Å². The van der Waals surface area contributed by atoms with Crippen LogP contribution in [0.5, 0.6) is 5.75 Å². The second kappa shape index (κ2) is 7.90. The lowest BCUT2D eigenvalue weighted by Gasteiger charge is -2.29. The van der Waals surface area contributed by atoms with E-state index in [-0.39, 0.29) is 5.91 Å². The number of benzene rings is 2. The molecular weight excluding hydrogens is 374 g/mol. The number of ether oxygens (including phenoxy) is 1. The zero-order valence-corrected chi connectivity index (χ0v) is 16.2. The Hall–Kier alpha value is -3.05. The van der Waals surface area contributed by atoms with Crippen molar-refractivity contribution in [3.8, 4) is 5.75 Å². The molecule has 1 N–H and O–H groups in total. The summed E-state index contributed by atoms with van der Waals surface area (Å²) >= 11 is 6.15. The van der Waals surface area contributed by atoms with Gasteiger partial charge in [-0.05, 0) is 54.8 Å². The van der Waals surface area contributed by atoms with Crippen molar-refractivity contribution in [3.63, 3.8) is 0 Å². The number of rotatable bonds is 4. The van der Waals surface area contributed by atoms with Gasteiger partial charge in [0.1, 0.15) is 11.6 Å². The molecule has 0 aliphatic carbocycles. The molecule has 0 fully saturated rings. The van der Waals surface area contributed by atoms with Gasteiger partial charge in [0, 0.05) is 24.1 Å². The number of pyridine rings is 1. The summed E-state index contributed by atoms with van der Waals surface area (Å²) in [6.45, 7) is 0.722. The fourth-order valence-electron chi connectivity index (χ4n) is 3.39. The summed E-state index contributed by atoms with van der Waals surface area (Å²) in [6.07, 6.45) is 3.58. The van der Waals surface area contributed by atoms with Gasteiger partial charge in [0.05, 0.1) is 17.7 Å². The number of methoxy groups -OCH3 is 1. The van der Waals surface area contributed by atoms with Crippen LogP contribution in [0.25, 0.3) is 0 Å². The van der Waals surface area contributed by atoms with Crippen LogP contribution in [0.1, 0.15) is 22.3 Å². The molecule has 0 spiro atoms. The minimum Gasteiger partial charge on any atom is -0.495 e. The van der Waals surface area contributed by atoms with Crippen LogP contribution in [0.15, 0.2) is 60.8 Å². The zero-order valence-electron chi connectivity index (χ0n) is 15.5. The Kier molecular flexibility index (Phi) is 5.17. The van der Waals surface area contributed by atoms with Crippen molar-refractivity contribution in [1.82, 2.24) is 4.98 Å². The fraction of sp³-hybridized carbons (Fsp3) is 0.182. The van der Waals surface area contributed by atoms with Crippen LogP contribution in [-0.2, 0) is 6.42 Å². The van der Waals surface area contributed by atoms with Crippen LogP contribution < -0.4 is 15.0 Å². The number of nitrogens with zero attached hydrogens (tertiary/aromatic N) is 2. The van der Waals surface area contributed by atoms with Gasteiger partial charge >= 0.3 is 0 Å². The first-order valence-electron chi connectivity index (χ1n) is 9.12. The van der Waals surface area contributed by atoms with Crippen LogP contribution in [0.3, 0.4) is 0 Å². The standard InChI is InChI=1S/C22H20ClN3O2/c1-28-20-10-9-17(13-18(20)23)25-21-11-8-16(14-24-21)22(27)26-12-4-6-15-5-2-3-7-19(15)26/h2-3,5,7-11,13-14H,4,6,12H2,1H3,(H,24,25). The van der Waals surface area contributed by atoms with E-state index in [1.807, 2.05) is 29.2 Å². The zero-order chi connectivity index (χ0) is 19.5. The quantitative estimate of drug-likeness (QED) is 0.671. The highest BCUT2D eigenvalue weighted by Gasteiger charge is 2.23. The number of carbonyl (C=O) groups is 1. The summed E-state index contributed by atoms with van der Waals surface area (Å²) in [7, 11) is 1.58. The summed E-state index contributed by atoms with van der Waals surface area (Å²) in [6, 6.07) is 17.1. The Labute approximate surface area is 168 Å². The normalized spacial score (nSPS) is 13.0. The number of aromatic nitrogens is 1. The molecule has 0 bridgehead atoms. The van der Waals surface area contributed by atoms with Gasteiger partial charge in [0.25, 0.3) is 5.91 Å². The Bertz CT molecular complexity index is 1000. The summed E-state index contributed by atoms with van der Waals surface area (Å²) in [4.78, 5) is 19.2. The SMILES string of the molecule is COc1ccc(Nc2ccc(C(=O)N3CCCc4ccccc43)cn2)cc1Cl. The van der Waals surface area contributed by atoms with E-state index in [0.717, 1.165) is 30.8 Å². The third kappa shape index (κ3) is 3.66. The Morgan fingerprint density at radius 2 is 2.04 bits per heavy atom. The number of fused-ring (bicyclic) bond motifs is 1. The van der Waals surface area contributed by atoms with E-state index >= 15 is 0 Å². The predicted octanol–water partition coefficient (Wildman–Crippen LogP) is 5.08. The number of amides is 1. The molecule has 1 aromatic heterocycles. The molecule has 1 amide bonds. The van der Waals surface area contributed by atoms with Crippen molar-refractivity contribution >= 4 is 34.7 Å². The first-order chi connectivity index (χ1) is 13.7. The Balaban J connectivity index is 1.51. The van der Waals surface area contributed by atoms with E-state index in [1.165, 1.54) is 5.56 Å². The first-order valence-corrected chi connectivity index (χ1v) is 9.50. The monoisotopic (exact) mass is 393 g/mol. The minimum atomic E-state index is -0.0290. The first kappa shape index (κ1) is 18.3. The number of nitrogens with one attached hydrogen (secondary N) is 1. The molecule has 1 aliphatic heterocycles. The van der Waals surface area contributed by atoms with Gasteiger partial charge in [-0.2, -0.15) is 0 Å². The molecule has 142 valence electrons. The number of anilines is 3. The summed E-state index contributed by atoms with van der Waals surface area (Å²) in [5.74, 6) is 1.22. The number of hydrogen-bond donors (Lipinski definition) is 1. The maximum Gasteiger partial charge on any atom is 0.259 e. The van der Waals surface area contributed by atoms with Crippen molar-refractivity contribution in [2.24, 2.45) is 0 Å². The average Bonchev–Trinajstić information content (AvgIpc) is 2.73. The predicted molar refractivity (Wildman–Crippen MR) is 112 cm³/mol. The average molecular weight is 394 g/mol. The van der Waals surface area contributed by atoms with Gasteiger partial charge < -0.3 is 15.0 Å². The molecular formula is C22H20ClN3O2. The lowest BCUT2D eigenvalue weighted by Crippen LogP contribution is -2.35.